The van der Waals surface area contributed by atoms with Gasteiger partial charge in [0.1, 0.15) is 0 Å². The second-order valence-corrected chi connectivity index (χ2v) is 6.74. The van der Waals surface area contributed by atoms with Gasteiger partial charge >= 0.3 is 0 Å². The first-order valence-electron chi connectivity index (χ1n) is 7.66. The average Bonchev–Trinajstić information content (AvgIpc) is 2.58. The van der Waals surface area contributed by atoms with Crippen molar-refractivity contribution in [1.29, 1.82) is 0 Å². The molecular weight excluding hydrogens is 317 g/mol. The molecule has 1 N–H and O–H groups in total. The van der Waals surface area contributed by atoms with E-state index < -0.39 is 0 Å². The van der Waals surface area contributed by atoms with E-state index in [0.717, 1.165) is 30.7 Å². The van der Waals surface area contributed by atoms with Crippen LogP contribution in [0.2, 0.25) is 10.0 Å². The van der Waals surface area contributed by atoms with E-state index in [2.05, 4.69) is 29.6 Å². The standard InChI is InChI=1S/C18H17Cl2NO/c19-13-8-9-14-15(16(13)20)18-12(7-4-10-22-18)17(21-14)11-5-2-1-3-6-11/h1-3,5-6,8-9,12,17-18,21H,4,7,10H2/t12-,17-,18-/m0/s1. The zero-order chi connectivity index (χ0) is 15.1. The first kappa shape index (κ1) is 14.4. The van der Waals surface area contributed by atoms with Crippen LogP contribution in [-0.4, -0.2) is 6.61 Å². The Morgan fingerprint density at radius 3 is 2.68 bits per heavy atom. The number of nitrogens with one attached hydrogen (secondary N) is 1. The van der Waals surface area contributed by atoms with Crippen molar-refractivity contribution in [3.63, 3.8) is 0 Å². The SMILES string of the molecule is Clc1ccc2c(c1Cl)[C@H]1OCCC[C@H]1[C@H](c1ccccc1)N2. The summed E-state index contributed by atoms with van der Waals surface area (Å²) in [7, 11) is 0. The van der Waals surface area contributed by atoms with Crippen molar-refractivity contribution in [1.82, 2.24) is 0 Å². The maximum Gasteiger partial charge on any atom is 0.0911 e. The highest BCUT2D eigenvalue weighted by atomic mass is 35.5. The number of fused-ring (bicyclic) bond motifs is 3. The Labute approximate surface area is 140 Å². The van der Waals surface area contributed by atoms with Gasteiger partial charge in [-0.15, -0.1) is 0 Å². The molecule has 0 bridgehead atoms. The average molecular weight is 334 g/mol. The van der Waals surface area contributed by atoms with E-state index in [0.29, 0.717) is 16.0 Å². The molecule has 2 nitrogen and oxygen atoms in total. The van der Waals surface area contributed by atoms with Crippen LogP contribution in [-0.2, 0) is 4.74 Å². The molecule has 2 aromatic carbocycles. The van der Waals surface area contributed by atoms with Gasteiger partial charge in [0.25, 0.3) is 0 Å². The summed E-state index contributed by atoms with van der Waals surface area (Å²) in [4.78, 5) is 0. The van der Waals surface area contributed by atoms with Crippen LogP contribution in [0.25, 0.3) is 0 Å². The van der Waals surface area contributed by atoms with E-state index in [4.69, 9.17) is 27.9 Å². The van der Waals surface area contributed by atoms with Gasteiger partial charge in [0.2, 0.25) is 0 Å². The molecule has 2 aliphatic rings. The summed E-state index contributed by atoms with van der Waals surface area (Å²) in [5, 5.41) is 4.87. The normalized spacial score (nSPS) is 26.7. The summed E-state index contributed by atoms with van der Waals surface area (Å²) >= 11 is 12.7. The lowest BCUT2D eigenvalue weighted by Crippen LogP contribution is -2.36. The minimum absolute atomic E-state index is 0.0152. The second-order valence-electron chi connectivity index (χ2n) is 5.95. The lowest BCUT2D eigenvalue weighted by atomic mass is 9.77. The number of hydrogen-bond donors (Lipinski definition) is 1. The molecule has 0 saturated carbocycles. The molecule has 1 fully saturated rings. The summed E-state index contributed by atoms with van der Waals surface area (Å²) in [5.41, 5.74) is 3.34. The van der Waals surface area contributed by atoms with Gasteiger partial charge in [0.05, 0.1) is 22.2 Å². The molecule has 2 aliphatic heterocycles. The molecule has 0 aliphatic carbocycles. The maximum atomic E-state index is 6.47. The molecule has 0 radical (unpaired) electrons. The highest BCUT2D eigenvalue weighted by Gasteiger charge is 2.41. The van der Waals surface area contributed by atoms with E-state index >= 15 is 0 Å². The first-order chi connectivity index (χ1) is 10.8. The van der Waals surface area contributed by atoms with Crippen LogP contribution in [0.4, 0.5) is 5.69 Å². The van der Waals surface area contributed by atoms with E-state index in [-0.39, 0.29) is 12.1 Å². The third-order valence-corrected chi connectivity index (χ3v) is 5.50. The molecule has 0 amide bonds. The van der Waals surface area contributed by atoms with Gasteiger partial charge in [-0.1, -0.05) is 53.5 Å². The highest BCUT2D eigenvalue weighted by Crippen LogP contribution is 2.52. The summed E-state index contributed by atoms with van der Waals surface area (Å²) in [6.07, 6.45) is 2.22. The predicted molar refractivity (Wildman–Crippen MR) is 90.7 cm³/mol. The predicted octanol–water partition coefficient (Wildman–Crippen LogP) is 5.63. The smallest absolute Gasteiger partial charge is 0.0911 e. The Balaban J connectivity index is 1.83. The Kier molecular flexibility index (Phi) is 3.77. The minimum Gasteiger partial charge on any atom is -0.377 e. The quantitative estimate of drug-likeness (QED) is 0.730. The van der Waals surface area contributed by atoms with Gasteiger partial charge in [-0.2, -0.15) is 0 Å². The molecule has 3 atom stereocenters. The van der Waals surface area contributed by atoms with E-state index in [1.54, 1.807) is 0 Å². The maximum absolute atomic E-state index is 6.47. The molecule has 1 saturated heterocycles. The van der Waals surface area contributed by atoms with Crippen LogP contribution in [0.5, 0.6) is 0 Å². The molecule has 22 heavy (non-hydrogen) atoms. The topological polar surface area (TPSA) is 21.3 Å². The van der Waals surface area contributed by atoms with Crippen molar-refractivity contribution < 1.29 is 4.74 Å². The number of benzene rings is 2. The van der Waals surface area contributed by atoms with E-state index in [9.17, 15) is 0 Å². The Hall–Kier alpha value is -1.22. The molecule has 0 aromatic heterocycles. The summed E-state index contributed by atoms with van der Waals surface area (Å²) < 4.78 is 6.11. The fraction of sp³-hybridized carbons (Fsp3) is 0.333. The molecule has 2 aromatic rings. The number of anilines is 1. The largest absolute Gasteiger partial charge is 0.377 e. The molecule has 4 rings (SSSR count). The highest BCUT2D eigenvalue weighted by molar-refractivity contribution is 6.42. The van der Waals surface area contributed by atoms with Gasteiger partial charge < -0.3 is 10.1 Å². The van der Waals surface area contributed by atoms with Crippen LogP contribution < -0.4 is 5.32 Å². The molecule has 0 spiro atoms. The fourth-order valence-electron chi connectivity index (χ4n) is 3.68. The Morgan fingerprint density at radius 1 is 1.05 bits per heavy atom. The van der Waals surface area contributed by atoms with Crippen molar-refractivity contribution >= 4 is 28.9 Å². The second kappa shape index (κ2) is 5.77. The number of hydrogen-bond acceptors (Lipinski definition) is 2. The zero-order valence-electron chi connectivity index (χ0n) is 12.1. The van der Waals surface area contributed by atoms with Crippen molar-refractivity contribution in [3.05, 3.63) is 63.6 Å². The molecule has 114 valence electrons. The minimum atomic E-state index is 0.0152. The third kappa shape index (κ3) is 2.30. The van der Waals surface area contributed by atoms with Crippen molar-refractivity contribution in [2.75, 3.05) is 11.9 Å². The molecule has 4 heteroatoms. The van der Waals surface area contributed by atoms with Gasteiger partial charge in [-0.05, 0) is 30.5 Å². The molecule has 2 heterocycles. The van der Waals surface area contributed by atoms with Gasteiger partial charge in [-0.25, -0.2) is 0 Å². The number of halogens is 2. The molecule has 0 unspecified atom stereocenters. The first-order valence-corrected chi connectivity index (χ1v) is 8.42. The van der Waals surface area contributed by atoms with Crippen LogP contribution in [0.1, 0.15) is 36.1 Å². The monoisotopic (exact) mass is 333 g/mol. The van der Waals surface area contributed by atoms with E-state index in [1.807, 2.05) is 18.2 Å². The van der Waals surface area contributed by atoms with Crippen molar-refractivity contribution in [2.45, 2.75) is 25.0 Å². The summed E-state index contributed by atoms with van der Waals surface area (Å²) in [6, 6.07) is 14.7. The number of rotatable bonds is 1. The lowest BCUT2D eigenvalue weighted by Gasteiger charge is -2.43. The Bertz CT molecular complexity index is 689. The van der Waals surface area contributed by atoms with Crippen LogP contribution in [0.15, 0.2) is 42.5 Å². The van der Waals surface area contributed by atoms with E-state index in [1.165, 1.54) is 5.56 Å². The van der Waals surface area contributed by atoms with Crippen LogP contribution >= 0.6 is 23.2 Å². The Morgan fingerprint density at radius 2 is 1.86 bits per heavy atom. The van der Waals surface area contributed by atoms with Gasteiger partial charge in [-0.3, -0.25) is 0 Å². The van der Waals surface area contributed by atoms with Gasteiger partial charge in [0, 0.05) is 23.8 Å². The fourth-order valence-corrected chi connectivity index (χ4v) is 4.12. The lowest BCUT2D eigenvalue weighted by molar-refractivity contribution is -0.0380. The number of ether oxygens (including phenoxy) is 1. The molecular formula is C18H17Cl2NO. The zero-order valence-corrected chi connectivity index (χ0v) is 13.6. The third-order valence-electron chi connectivity index (χ3n) is 4.68. The summed E-state index contributed by atoms with van der Waals surface area (Å²) in [5.74, 6) is 0.375. The van der Waals surface area contributed by atoms with Gasteiger partial charge in [0.15, 0.2) is 0 Å². The van der Waals surface area contributed by atoms with Crippen molar-refractivity contribution in [3.8, 4) is 0 Å². The van der Waals surface area contributed by atoms with Crippen LogP contribution in [0.3, 0.4) is 0 Å². The van der Waals surface area contributed by atoms with Crippen molar-refractivity contribution in [2.24, 2.45) is 5.92 Å². The summed E-state index contributed by atoms with van der Waals surface area (Å²) in [6.45, 7) is 0.783. The van der Waals surface area contributed by atoms with Crippen LogP contribution in [0, 0.1) is 5.92 Å².